The van der Waals surface area contributed by atoms with Crippen LogP contribution in [-0.4, -0.2) is 38.8 Å². The van der Waals surface area contributed by atoms with E-state index >= 15 is 0 Å². The van der Waals surface area contributed by atoms with Crippen LogP contribution < -0.4 is 10.6 Å². The summed E-state index contributed by atoms with van der Waals surface area (Å²) in [4.78, 5) is 9.10. The molecular weight excluding hydrogens is 232 g/mol. The van der Waals surface area contributed by atoms with Crippen LogP contribution in [0.15, 0.2) is 6.20 Å². The highest BCUT2D eigenvalue weighted by Gasteiger charge is 2.16. The Labute approximate surface area is 95.2 Å². The first kappa shape index (κ1) is 10.6. The number of anilines is 2. The van der Waals surface area contributed by atoms with E-state index < -0.39 is 10.8 Å². The first-order valence-corrected chi connectivity index (χ1v) is 6.51. The van der Waals surface area contributed by atoms with Gasteiger partial charge in [0.25, 0.3) is 0 Å². The molecule has 2 heterocycles. The molecule has 1 aromatic heterocycles. The van der Waals surface area contributed by atoms with Crippen LogP contribution in [0.25, 0.3) is 0 Å². The van der Waals surface area contributed by atoms with Crippen molar-refractivity contribution >= 4 is 34.7 Å². The summed E-state index contributed by atoms with van der Waals surface area (Å²) in [6.45, 7) is 1.53. The number of hydrogen-bond acceptors (Lipinski definition) is 5. The molecule has 1 aromatic rings. The molecule has 3 N–H and O–H groups in total. The minimum atomic E-state index is -0.671. The lowest BCUT2D eigenvalue weighted by molar-refractivity contribution is 0.672. The average molecular weight is 244 g/mol. The highest BCUT2D eigenvalue weighted by Crippen LogP contribution is 2.13. The SMILES string of the molecule is Nc1ncc(N2CCS(=O)CC2)[nH]c1=S. The number of nitrogens with one attached hydrogen (secondary N) is 1. The smallest absolute Gasteiger partial charge is 0.158 e. The number of aromatic amines is 1. The van der Waals surface area contributed by atoms with Crippen LogP contribution in [0.3, 0.4) is 0 Å². The Morgan fingerprint density at radius 3 is 2.80 bits per heavy atom. The van der Waals surface area contributed by atoms with Crippen molar-refractivity contribution in [3.8, 4) is 0 Å². The van der Waals surface area contributed by atoms with Crippen LogP contribution in [-0.2, 0) is 10.8 Å². The third kappa shape index (κ3) is 2.35. The number of nitrogens with zero attached hydrogens (tertiary/aromatic N) is 2. The van der Waals surface area contributed by atoms with Gasteiger partial charge in [0.2, 0.25) is 0 Å². The molecule has 15 heavy (non-hydrogen) atoms. The zero-order chi connectivity index (χ0) is 10.8. The number of nitrogens with two attached hydrogens (primary N) is 1. The second kappa shape index (κ2) is 4.28. The maximum absolute atomic E-state index is 11.2. The van der Waals surface area contributed by atoms with Gasteiger partial charge in [-0.2, -0.15) is 0 Å². The summed E-state index contributed by atoms with van der Waals surface area (Å²) >= 11 is 5.00. The van der Waals surface area contributed by atoms with Gasteiger partial charge in [-0.25, -0.2) is 4.98 Å². The molecule has 5 nitrogen and oxygen atoms in total. The molecule has 0 spiro atoms. The zero-order valence-corrected chi connectivity index (χ0v) is 9.74. The summed E-state index contributed by atoms with van der Waals surface area (Å²) in [6.07, 6.45) is 1.67. The minimum Gasteiger partial charge on any atom is -0.381 e. The van der Waals surface area contributed by atoms with Crippen molar-refractivity contribution in [2.45, 2.75) is 0 Å². The molecule has 2 rings (SSSR count). The summed E-state index contributed by atoms with van der Waals surface area (Å²) < 4.78 is 11.6. The number of nitrogen functional groups attached to an aromatic ring is 1. The van der Waals surface area contributed by atoms with Crippen LogP contribution in [0.2, 0.25) is 0 Å². The highest BCUT2D eigenvalue weighted by molar-refractivity contribution is 7.85. The van der Waals surface area contributed by atoms with Crippen molar-refractivity contribution in [2.75, 3.05) is 35.2 Å². The van der Waals surface area contributed by atoms with Gasteiger partial charge in [0.15, 0.2) is 5.82 Å². The van der Waals surface area contributed by atoms with E-state index in [1.165, 1.54) is 0 Å². The molecule has 1 fully saturated rings. The molecule has 1 aliphatic rings. The fourth-order valence-corrected chi connectivity index (χ4v) is 2.65. The van der Waals surface area contributed by atoms with Gasteiger partial charge in [-0.05, 0) is 0 Å². The van der Waals surface area contributed by atoms with Crippen molar-refractivity contribution in [1.29, 1.82) is 0 Å². The monoisotopic (exact) mass is 244 g/mol. The van der Waals surface area contributed by atoms with Crippen molar-refractivity contribution < 1.29 is 4.21 Å². The number of H-pyrrole nitrogens is 1. The molecule has 0 aromatic carbocycles. The lowest BCUT2D eigenvalue weighted by Crippen LogP contribution is -2.38. The molecule has 0 amide bonds. The lowest BCUT2D eigenvalue weighted by Gasteiger charge is -2.27. The molecule has 0 bridgehead atoms. The third-order valence-electron chi connectivity index (χ3n) is 2.32. The molecule has 82 valence electrons. The number of hydrogen-bond donors (Lipinski definition) is 2. The van der Waals surface area contributed by atoms with Gasteiger partial charge in [0, 0.05) is 35.4 Å². The van der Waals surface area contributed by atoms with Gasteiger partial charge < -0.3 is 15.6 Å². The molecule has 0 atom stereocenters. The van der Waals surface area contributed by atoms with Gasteiger partial charge in [0.1, 0.15) is 10.5 Å². The fraction of sp³-hybridized carbons (Fsp3) is 0.500. The summed E-state index contributed by atoms with van der Waals surface area (Å²) in [7, 11) is -0.671. The largest absolute Gasteiger partial charge is 0.381 e. The Bertz CT molecular complexity index is 435. The molecule has 1 aliphatic heterocycles. The molecule has 0 radical (unpaired) electrons. The van der Waals surface area contributed by atoms with Crippen LogP contribution in [0.5, 0.6) is 0 Å². The minimum absolute atomic E-state index is 0.342. The van der Waals surface area contributed by atoms with E-state index in [1.54, 1.807) is 6.20 Å². The Morgan fingerprint density at radius 1 is 1.53 bits per heavy atom. The summed E-state index contributed by atoms with van der Waals surface area (Å²) in [5.41, 5.74) is 5.53. The third-order valence-corrected chi connectivity index (χ3v) is 3.91. The van der Waals surface area contributed by atoms with Gasteiger partial charge in [0.05, 0.1) is 6.20 Å². The van der Waals surface area contributed by atoms with Crippen LogP contribution in [0.4, 0.5) is 11.6 Å². The highest BCUT2D eigenvalue weighted by atomic mass is 32.2. The molecule has 1 saturated heterocycles. The predicted molar refractivity (Wildman–Crippen MR) is 63.9 cm³/mol. The molecule has 7 heteroatoms. The Kier molecular flexibility index (Phi) is 3.01. The van der Waals surface area contributed by atoms with Crippen molar-refractivity contribution in [3.63, 3.8) is 0 Å². The standard InChI is InChI=1S/C8H12N4OS2/c9-7-8(14)11-6(5-10-7)12-1-3-15(13)4-2-12/h5H,1-4H2,(H2,9,10)(H,11,14). The number of aromatic nitrogens is 2. The first-order valence-electron chi connectivity index (χ1n) is 4.61. The maximum atomic E-state index is 11.2. The second-order valence-electron chi connectivity index (χ2n) is 3.32. The Morgan fingerprint density at radius 2 is 2.20 bits per heavy atom. The zero-order valence-electron chi connectivity index (χ0n) is 8.10. The first-order chi connectivity index (χ1) is 7.16. The summed E-state index contributed by atoms with van der Waals surface area (Å²) in [5.74, 6) is 2.59. The predicted octanol–water partition coefficient (Wildman–Crippen LogP) is 0.290. The topological polar surface area (TPSA) is 75.0 Å². The molecule has 0 aliphatic carbocycles. The molecule has 0 unspecified atom stereocenters. The van der Waals surface area contributed by atoms with Crippen LogP contribution in [0, 0.1) is 4.64 Å². The fourth-order valence-electron chi connectivity index (χ4n) is 1.44. The maximum Gasteiger partial charge on any atom is 0.158 e. The number of rotatable bonds is 1. The van der Waals surface area contributed by atoms with Crippen molar-refractivity contribution in [2.24, 2.45) is 0 Å². The van der Waals surface area contributed by atoms with Crippen LogP contribution >= 0.6 is 12.2 Å². The Hall–Kier alpha value is -0.950. The normalized spacial score (nSPS) is 18.0. The van der Waals surface area contributed by atoms with Crippen molar-refractivity contribution in [3.05, 3.63) is 10.8 Å². The summed E-state index contributed by atoms with van der Waals surface area (Å²) in [5, 5.41) is 0. The van der Waals surface area contributed by atoms with E-state index in [0.29, 0.717) is 22.0 Å². The van der Waals surface area contributed by atoms with E-state index in [-0.39, 0.29) is 0 Å². The summed E-state index contributed by atoms with van der Waals surface area (Å²) in [6, 6.07) is 0. The van der Waals surface area contributed by atoms with Gasteiger partial charge in [-0.15, -0.1) is 0 Å². The molecule has 0 saturated carbocycles. The van der Waals surface area contributed by atoms with E-state index in [0.717, 1.165) is 18.9 Å². The van der Waals surface area contributed by atoms with Gasteiger partial charge in [-0.1, -0.05) is 12.2 Å². The van der Waals surface area contributed by atoms with E-state index in [1.807, 2.05) is 0 Å². The quantitative estimate of drug-likeness (QED) is 0.695. The van der Waals surface area contributed by atoms with Gasteiger partial charge >= 0.3 is 0 Å². The lowest BCUT2D eigenvalue weighted by atomic mass is 10.5. The van der Waals surface area contributed by atoms with Crippen molar-refractivity contribution in [1.82, 2.24) is 9.97 Å². The second-order valence-corrected chi connectivity index (χ2v) is 5.42. The van der Waals surface area contributed by atoms with E-state index in [2.05, 4.69) is 14.9 Å². The Balaban J connectivity index is 2.19. The van der Waals surface area contributed by atoms with Crippen LogP contribution in [0.1, 0.15) is 0 Å². The van der Waals surface area contributed by atoms with E-state index in [9.17, 15) is 4.21 Å². The molecular formula is C8H12N4OS2. The van der Waals surface area contributed by atoms with E-state index in [4.69, 9.17) is 18.0 Å². The van der Waals surface area contributed by atoms with Gasteiger partial charge in [-0.3, -0.25) is 4.21 Å². The average Bonchev–Trinajstić information content (AvgIpc) is 2.23.